The molecule has 0 saturated heterocycles. The summed E-state index contributed by atoms with van der Waals surface area (Å²) < 4.78 is 2.43. The van der Waals surface area contributed by atoms with Gasteiger partial charge in [-0.15, -0.1) is 0 Å². The number of aromatic nitrogens is 3. The Labute approximate surface area is 243 Å². The molecule has 9 rings (SSSR count). The number of para-hydroxylation sites is 1. The summed E-state index contributed by atoms with van der Waals surface area (Å²) in [4.78, 5) is 8.84. The summed E-state index contributed by atoms with van der Waals surface area (Å²) >= 11 is 0. The van der Waals surface area contributed by atoms with E-state index in [1.54, 1.807) is 0 Å². The van der Waals surface area contributed by atoms with Crippen LogP contribution in [0.1, 0.15) is 22.3 Å². The average molecular weight is 536 g/mol. The van der Waals surface area contributed by atoms with E-state index < -0.39 is 5.41 Å². The number of benzene rings is 5. The Hall–Kier alpha value is -5.54. The van der Waals surface area contributed by atoms with Crippen LogP contribution < -0.4 is 0 Å². The normalized spacial score (nSPS) is 13.4. The van der Waals surface area contributed by atoms with Crippen LogP contribution in [0.5, 0.6) is 0 Å². The second kappa shape index (κ2) is 8.73. The Morgan fingerprint density at radius 2 is 1.17 bits per heavy atom. The highest BCUT2D eigenvalue weighted by molar-refractivity contribution is 6.15. The summed E-state index contributed by atoms with van der Waals surface area (Å²) in [5.74, 6) is 0. The van der Waals surface area contributed by atoms with E-state index in [0.29, 0.717) is 0 Å². The molecule has 0 unspecified atom stereocenters. The molecule has 3 nitrogen and oxygen atoms in total. The minimum absolute atomic E-state index is 0.532. The molecule has 1 aliphatic rings. The van der Waals surface area contributed by atoms with E-state index in [-0.39, 0.29) is 0 Å². The number of fused-ring (bicyclic) bond motifs is 8. The molecule has 0 amide bonds. The SMILES string of the molecule is c1ccc2c(c1)-c1ccc3c(c1C2(c1ccncc1)c1ccncc1)c1ccccc1n3-c1ccc2ccccc2c1. The van der Waals surface area contributed by atoms with Crippen LogP contribution in [0.3, 0.4) is 0 Å². The van der Waals surface area contributed by atoms with Crippen LogP contribution in [0.4, 0.5) is 0 Å². The van der Waals surface area contributed by atoms with Crippen LogP contribution in [-0.4, -0.2) is 14.5 Å². The number of rotatable bonds is 3. The third-order valence-electron chi connectivity index (χ3n) is 9.05. The molecule has 0 fully saturated rings. The largest absolute Gasteiger partial charge is 0.309 e. The fraction of sp³-hybridized carbons (Fsp3) is 0.0256. The molecule has 5 aromatic carbocycles. The zero-order valence-electron chi connectivity index (χ0n) is 22.8. The minimum Gasteiger partial charge on any atom is -0.309 e. The molecule has 0 radical (unpaired) electrons. The van der Waals surface area contributed by atoms with Gasteiger partial charge in [-0.25, -0.2) is 0 Å². The van der Waals surface area contributed by atoms with Crippen molar-refractivity contribution in [1.82, 2.24) is 14.5 Å². The molecule has 3 aromatic heterocycles. The number of hydrogen-bond acceptors (Lipinski definition) is 2. The Morgan fingerprint density at radius 1 is 0.500 bits per heavy atom. The lowest BCUT2D eigenvalue weighted by atomic mass is 9.67. The first kappa shape index (κ1) is 23.2. The van der Waals surface area contributed by atoms with Gasteiger partial charge in [-0.2, -0.15) is 0 Å². The third kappa shape index (κ3) is 3.00. The number of hydrogen-bond donors (Lipinski definition) is 0. The predicted molar refractivity (Wildman–Crippen MR) is 171 cm³/mol. The summed E-state index contributed by atoms with van der Waals surface area (Å²) in [7, 11) is 0. The molecule has 3 heteroatoms. The zero-order valence-corrected chi connectivity index (χ0v) is 22.8. The molecule has 1 aliphatic carbocycles. The molecule has 8 aromatic rings. The lowest BCUT2D eigenvalue weighted by Crippen LogP contribution is -2.29. The quantitative estimate of drug-likeness (QED) is 0.226. The van der Waals surface area contributed by atoms with Crippen molar-refractivity contribution in [3.63, 3.8) is 0 Å². The molecule has 0 atom stereocenters. The Balaban J connectivity index is 1.49. The van der Waals surface area contributed by atoms with E-state index in [1.165, 1.54) is 66.0 Å². The van der Waals surface area contributed by atoms with Crippen molar-refractivity contribution in [1.29, 1.82) is 0 Å². The Morgan fingerprint density at radius 3 is 1.95 bits per heavy atom. The van der Waals surface area contributed by atoms with E-state index in [2.05, 4.69) is 142 Å². The zero-order chi connectivity index (χ0) is 27.7. The van der Waals surface area contributed by atoms with E-state index >= 15 is 0 Å². The summed E-state index contributed by atoms with van der Waals surface area (Å²) in [5, 5.41) is 5.00. The van der Waals surface area contributed by atoms with Gasteiger partial charge in [-0.1, -0.05) is 78.9 Å². The first-order valence-electron chi connectivity index (χ1n) is 14.3. The first-order chi connectivity index (χ1) is 20.9. The lowest BCUT2D eigenvalue weighted by Gasteiger charge is -2.34. The van der Waals surface area contributed by atoms with Gasteiger partial charge in [0.15, 0.2) is 0 Å². The van der Waals surface area contributed by atoms with E-state index in [4.69, 9.17) is 0 Å². The standard InChI is InChI=1S/C39H25N3/c1-2-8-27-25-30(14-13-26(27)7-1)42-35-12-6-4-10-33(35)37-36(42)16-15-32-31-9-3-5-11-34(31)39(38(32)37,28-17-21-40-22-18-28)29-19-23-41-24-20-29/h1-25H. The molecule has 0 saturated carbocycles. The van der Waals surface area contributed by atoms with Gasteiger partial charge in [0.2, 0.25) is 0 Å². The third-order valence-corrected chi connectivity index (χ3v) is 9.05. The highest BCUT2D eigenvalue weighted by atomic mass is 15.0. The van der Waals surface area contributed by atoms with Gasteiger partial charge in [-0.3, -0.25) is 9.97 Å². The molecule has 3 heterocycles. The van der Waals surface area contributed by atoms with Gasteiger partial charge >= 0.3 is 0 Å². The fourth-order valence-electron chi connectivity index (χ4n) is 7.42. The highest BCUT2D eigenvalue weighted by Crippen LogP contribution is 2.59. The summed E-state index contributed by atoms with van der Waals surface area (Å²) in [6, 6.07) is 46.4. The fourth-order valence-corrected chi connectivity index (χ4v) is 7.42. The number of pyridine rings is 2. The highest BCUT2D eigenvalue weighted by Gasteiger charge is 2.47. The summed E-state index contributed by atoms with van der Waals surface area (Å²) in [6.45, 7) is 0. The van der Waals surface area contributed by atoms with Gasteiger partial charge in [0.25, 0.3) is 0 Å². The van der Waals surface area contributed by atoms with Gasteiger partial charge in [-0.05, 0) is 92.7 Å². The number of nitrogens with zero attached hydrogens (tertiary/aromatic N) is 3. The van der Waals surface area contributed by atoms with Crippen molar-refractivity contribution in [3.05, 3.63) is 174 Å². The van der Waals surface area contributed by atoms with Gasteiger partial charge in [0.05, 0.1) is 16.4 Å². The first-order valence-corrected chi connectivity index (χ1v) is 14.3. The second-order valence-electron chi connectivity index (χ2n) is 11.0. The van der Waals surface area contributed by atoms with Crippen LogP contribution in [0, 0.1) is 0 Å². The monoisotopic (exact) mass is 535 g/mol. The maximum atomic E-state index is 4.42. The van der Waals surface area contributed by atoms with Crippen LogP contribution in [-0.2, 0) is 5.41 Å². The smallest absolute Gasteiger partial charge is 0.0722 e. The van der Waals surface area contributed by atoms with Gasteiger partial charge in [0.1, 0.15) is 0 Å². The van der Waals surface area contributed by atoms with E-state index in [9.17, 15) is 0 Å². The van der Waals surface area contributed by atoms with Gasteiger partial charge < -0.3 is 4.57 Å². The minimum atomic E-state index is -0.532. The summed E-state index contributed by atoms with van der Waals surface area (Å²) in [5.41, 5.74) is 10.6. The van der Waals surface area contributed by atoms with Crippen molar-refractivity contribution in [2.24, 2.45) is 0 Å². The Kier molecular flexibility index (Phi) is 4.82. The van der Waals surface area contributed by atoms with Crippen molar-refractivity contribution < 1.29 is 0 Å². The van der Waals surface area contributed by atoms with E-state index in [1.807, 2.05) is 24.8 Å². The molecule has 196 valence electrons. The maximum absolute atomic E-state index is 4.42. The van der Waals surface area contributed by atoms with E-state index in [0.717, 1.165) is 5.69 Å². The van der Waals surface area contributed by atoms with Gasteiger partial charge in [0, 0.05) is 41.2 Å². The van der Waals surface area contributed by atoms with Crippen LogP contribution in [0.15, 0.2) is 152 Å². The van der Waals surface area contributed by atoms with Crippen LogP contribution >= 0.6 is 0 Å². The van der Waals surface area contributed by atoms with Crippen molar-refractivity contribution in [2.75, 3.05) is 0 Å². The Bertz CT molecular complexity index is 2260. The second-order valence-corrected chi connectivity index (χ2v) is 11.0. The molecular weight excluding hydrogens is 510 g/mol. The molecule has 0 spiro atoms. The molecule has 0 aliphatic heterocycles. The molecule has 0 N–H and O–H groups in total. The lowest BCUT2D eigenvalue weighted by molar-refractivity contribution is 0.771. The van der Waals surface area contributed by atoms with Crippen molar-refractivity contribution in [2.45, 2.75) is 5.41 Å². The topological polar surface area (TPSA) is 30.7 Å². The molecule has 42 heavy (non-hydrogen) atoms. The van der Waals surface area contributed by atoms with Crippen molar-refractivity contribution >= 4 is 32.6 Å². The summed E-state index contributed by atoms with van der Waals surface area (Å²) in [6.07, 6.45) is 7.66. The average Bonchev–Trinajstić information content (AvgIpc) is 3.56. The van der Waals surface area contributed by atoms with Crippen molar-refractivity contribution in [3.8, 4) is 16.8 Å². The molecule has 0 bridgehead atoms. The predicted octanol–water partition coefficient (Wildman–Crippen LogP) is 9.09. The molecular formula is C39H25N3. The van der Waals surface area contributed by atoms with Crippen LogP contribution in [0.25, 0.3) is 49.4 Å². The van der Waals surface area contributed by atoms with Crippen LogP contribution in [0.2, 0.25) is 0 Å². The maximum Gasteiger partial charge on any atom is 0.0722 e.